The second-order valence-corrected chi connectivity index (χ2v) is 7.27. The first-order chi connectivity index (χ1) is 11.0. The molecule has 0 saturated heterocycles. The summed E-state index contributed by atoms with van der Waals surface area (Å²) in [7, 11) is 0. The van der Waals surface area contributed by atoms with Crippen LogP contribution < -0.4 is 0 Å². The van der Waals surface area contributed by atoms with Gasteiger partial charge in [-0.05, 0) is 60.1 Å². The fraction of sp³-hybridized carbons (Fsp3) is 0.429. The van der Waals surface area contributed by atoms with Crippen LogP contribution in [-0.4, -0.2) is 10.2 Å². The maximum atomic E-state index is 9.98. The van der Waals surface area contributed by atoms with E-state index in [0.29, 0.717) is 17.4 Å². The van der Waals surface area contributed by atoms with Gasteiger partial charge < -0.3 is 10.2 Å². The summed E-state index contributed by atoms with van der Waals surface area (Å²) in [6.45, 7) is 4.59. The Balaban J connectivity index is 2.12. The van der Waals surface area contributed by atoms with Crippen LogP contribution in [0.4, 0.5) is 0 Å². The lowest BCUT2D eigenvalue weighted by molar-refractivity contribution is 0.207. The minimum Gasteiger partial charge on any atom is -0.508 e. The summed E-state index contributed by atoms with van der Waals surface area (Å²) in [5, 5.41) is 20.0. The van der Waals surface area contributed by atoms with Crippen LogP contribution in [0.1, 0.15) is 50.7 Å². The van der Waals surface area contributed by atoms with Gasteiger partial charge in [0.2, 0.25) is 0 Å². The van der Waals surface area contributed by atoms with Crippen molar-refractivity contribution in [2.75, 3.05) is 0 Å². The zero-order valence-corrected chi connectivity index (χ0v) is 14.0. The summed E-state index contributed by atoms with van der Waals surface area (Å²) in [6, 6.07) is 15.2. The second-order valence-electron chi connectivity index (χ2n) is 7.27. The van der Waals surface area contributed by atoms with Gasteiger partial charge in [-0.2, -0.15) is 0 Å². The molecular formula is C21H26O2. The van der Waals surface area contributed by atoms with Crippen LogP contribution >= 0.6 is 0 Å². The molecule has 3 rings (SSSR count). The van der Waals surface area contributed by atoms with E-state index in [1.54, 1.807) is 12.1 Å². The Morgan fingerprint density at radius 3 is 1.96 bits per heavy atom. The van der Waals surface area contributed by atoms with Crippen LogP contribution in [0.2, 0.25) is 0 Å². The molecular weight excluding hydrogens is 284 g/mol. The van der Waals surface area contributed by atoms with Crippen LogP contribution in [-0.2, 0) is 5.41 Å². The summed E-state index contributed by atoms with van der Waals surface area (Å²) in [5.41, 5.74) is 2.05. The van der Waals surface area contributed by atoms with E-state index in [2.05, 4.69) is 26.0 Å². The van der Waals surface area contributed by atoms with E-state index in [1.807, 2.05) is 24.3 Å². The molecule has 0 aliphatic heterocycles. The third-order valence-corrected chi connectivity index (χ3v) is 5.64. The van der Waals surface area contributed by atoms with Gasteiger partial charge in [0.05, 0.1) is 0 Å². The molecule has 2 N–H and O–H groups in total. The topological polar surface area (TPSA) is 40.5 Å². The first-order valence-electron chi connectivity index (χ1n) is 8.59. The summed E-state index contributed by atoms with van der Waals surface area (Å²) in [6.07, 6.45) is 4.92. The van der Waals surface area contributed by atoms with Gasteiger partial charge in [-0.3, -0.25) is 0 Å². The lowest BCUT2D eigenvalue weighted by Crippen LogP contribution is -2.36. The fourth-order valence-electron chi connectivity index (χ4n) is 4.25. The van der Waals surface area contributed by atoms with Crippen molar-refractivity contribution in [3.8, 4) is 11.5 Å². The van der Waals surface area contributed by atoms with Crippen molar-refractivity contribution in [3.05, 3.63) is 59.7 Å². The molecule has 1 fully saturated rings. The molecule has 2 atom stereocenters. The zero-order chi connectivity index (χ0) is 16.4. The van der Waals surface area contributed by atoms with Gasteiger partial charge in [0.25, 0.3) is 0 Å². The van der Waals surface area contributed by atoms with Crippen molar-refractivity contribution in [3.63, 3.8) is 0 Å². The number of hydrogen-bond donors (Lipinski definition) is 2. The summed E-state index contributed by atoms with van der Waals surface area (Å²) in [4.78, 5) is 0. The molecule has 1 saturated carbocycles. The van der Waals surface area contributed by atoms with Crippen molar-refractivity contribution < 1.29 is 10.2 Å². The predicted molar refractivity (Wildman–Crippen MR) is 93.8 cm³/mol. The average Bonchev–Trinajstić information content (AvgIpc) is 2.54. The van der Waals surface area contributed by atoms with E-state index in [0.717, 1.165) is 17.0 Å². The molecule has 0 radical (unpaired) electrons. The second kappa shape index (κ2) is 6.27. The Morgan fingerprint density at radius 2 is 1.48 bits per heavy atom. The number of benzene rings is 2. The molecule has 0 heterocycles. The molecule has 1 aliphatic rings. The Labute approximate surface area is 138 Å². The van der Waals surface area contributed by atoms with E-state index < -0.39 is 0 Å². The van der Waals surface area contributed by atoms with Crippen molar-refractivity contribution in [2.45, 2.75) is 44.9 Å². The molecule has 2 aromatic rings. The molecule has 2 nitrogen and oxygen atoms in total. The molecule has 2 heteroatoms. The van der Waals surface area contributed by atoms with E-state index in [4.69, 9.17) is 0 Å². The monoisotopic (exact) mass is 310 g/mol. The number of rotatable bonds is 3. The van der Waals surface area contributed by atoms with Crippen LogP contribution in [0, 0.1) is 11.8 Å². The Bertz CT molecular complexity index is 632. The number of phenolic OH excluding ortho intramolecular Hbond substituents is 2. The van der Waals surface area contributed by atoms with Gasteiger partial charge in [0.1, 0.15) is 11.5 Å². The molecule has 0 amide bonds. The van der Waals surface area contributed by atoms with Crippen molar-refractivity contribution in [1.29, 1.82) is 0 Å². The van der Waals surface area contributed by atoms with Crippen molar-refractivity contribution in [1.82, 2.24) is 0 Å². The Morgan fingerprint density at radius 1 is 0.913 bits per heavy atom. The van der Waals surface area contributed by atoms with E-state index >= 15 is 0 Å². The smallest absolute Gasteiger partial charge is 0.115 e. The SMILES string of the molecule is CC1CCCC(C(C)(c2cccc(O)c2)c2cccc(O)c2)C1. The van der Waals surface area contributed by atoms with Crippen LogP contribution in [0.3, 0.4) is 0 Å². The van der Waals surface area contributed by atoms with Crippen molar-refractivity contribution >= 4 is 0 Å². The fourth-order valence-corrected chi connectivity index (χ4v) is 4.25. The molecule has 23 heavy (non-hydrogen) atoms. The van der Waals surface area contributed by atoms with E-state index in [9.17, 15) is 10.2 Å². The summed E-state index contributed by atoms with van der Waals surface area (Å²) in [5.74, 6) is 1.84. The van der Waals surface area contributed by atoms with Crippen LogP contribution in [0.5, 0.6) is 11.5 Å². The highest BCUT2D eigenvalue weighted by atomic mass is 16.3. The highest BCUT2D eigenvalue weighted by Gasteiger charge is 2.39. The van der Waals surface area contributed by atoms with Gasteiger partial charge in [-0.15, -0.1) is 0 Å². The largest absolute Gasteiger partial charge is 0.508 e. The summed E-state index contributed by atoms with van der Waals surface area (Å²) < 4.78 is 0. The highest BCUT2D eigenvalue weighted by molar-refractivity contribution is 5.44. The first kappa shape index (κ1) is 15.9. The van der Waals surface area contributed by atoms with Crippen LogP contribution in [0.15, 0.2) is 48.5 Å². The van der Waals surface area contributed by atoms with Crippen molar-refractivity contribution in [2.24, 2.45) is 11.8 Å². The predicted octanol–water partition coefficient (Wildman–Crippen LogP) is 5.23. The highest BCUT2D eigenvalue weighted by Crippen LogP contribution is 2.47. The molecule has 1 aliphatic carbocycles. The van der Waals surface area contributed by atoms with Gasteiger partial charge >= 0.3 is 0 Å². The first-order valence-corrected chi connectivity index (χ1v) is 8.59. The molecule has 0 bridgehead atoms. The van der Waals surface area contributed by atoms with Crippen LogP contribution in [0.25, 0.3) is 0 Å². The molecule has 0 spiro atoms. The third-order valence-electron chi connectivity index (χ3n) is 5.64. The molecule has 2 aromatic carbocycles. The maximum absolute atomic E-state index is 9.98. The number of aromatic hydroxyl groups is 2. The quantitative estimate of drug-likeness (QED) is 0.815. The normalized spacial score (nSPS) is 22.0. The molecule has 122 valence electrons. The van der Waals surface area contributed by atoms with Gasteiger partial charge in [0, 0.05) is 5.41 Å². The minimum atomic E-state index is -0.202. The standard InChI is InChI=1S/C21H26O2/c1-15-6-3-7-16(12-15)21(2,17-8-4-10-19(22)13-17)18-9-5-11-20(23)14-18/h4-5,8-11,13-16,22-23H,3,6-7,12H2,1-2H3. The van der Waals surface area contributed by atoms with Gasteiger partial charge in [-0.25, -0.2) is 0 Å². The maximum Gasteiger partial charge on any atom is 0.115 e. The Hall–Kier alpha value is -1.96. The lowest BCUT2D eigenvalue weighted by Gasteiger charge is -2.43. The number of hydrogen-bond acceptors (Lipinski definition) is 2. The molecule has 0 aromatic heterocycles. The average molecular weight is 310 g/mol. The third kappa shape index (κ3) is 3.08. The van der Waals surface area contributed by atoms with Gasteiger partial charge in [-0.1, -0.05) is 51.0 Å². The molecule has 2 unspecified atom stereocenters. The zero-order valence-electron chi connectivity index (χ0n) is 14.0. The van der Waals surface area contributed by atoms with E-state index in [1.165, 1.54) is 25.7 Å². The van der Waals surface area contributed by atoms with Gasteiger partial charge in [0.15, 0.2) is 0 Å². The summed E-state index contributed by atoms with van der Waals surface area (Å²) >= 11 is 0. The van der Waals surface area contributed by atoms with E-state index in [-0.39, 0.29) is 5.41 Å². The minimum absolute atomic E-state index is 0.202. The lowest BCUT2D eigenvalue weighted by atomic mass is 9.61. The Kier molecular flexibility index (Phi) is 4.34. The number of phenols is 2.